The molecule has 7 heteroatoms. The quantitative estimate of drug-likeness (QED) is 0.0898. The number of phenols is 1. The van der Waals surface area contributed by atoms with Crippen LogP contribution in [0.25, 0.3) is 0 Å². The summed E-state index contributed by atoms with van der Waals surface area (Å²) < 4.78 is 0. The third-order valence-corrected chi connectivity index (χ3v) is 5.65. The first-order valence-electron chi connectivity index (χ1n) is 12.0. The molecule has 1 N–H and O–H groups in total. The van der Waals surface area contributed by atoms with Crippen molar-refractivity contribution >= 4 is 28.7 Å². The van der Waals surface area contributed by atoms with Gasteiger partial charge in [0.1, 0.15) is 11.4 Å². The molecule has 2 aromatic rings. The van der Waals surface area contributed by atoms with Crippen molar-refractivity contribution in [3.8, 4) is 5.75 Å². The largest absolute Gasteiger partial charge is 0.508 e. The Morgan fingerprint density at radius 1 is 0.912 bits per heavy atom. The van der Waals surface area contributed by atoms with Crippen LogP contribution in [0, 0.1) is 10.1 Å². The van der Waals surface area contributed by atoms with Crippen LogP contribution in [0.5, 0.6) is 5.75 Å². The monoisotopic (exact) mass is 483 g/mol. The van der Waals surface area contributed by atoms with E-state index in [-0.39, 0.29) is 16.5 Å². The molecular weight excluding hydrogens is 450 g/mol. The van der Waals surface area contributed by atoms with Crippen LogP contribution >= 0.6 is 11.6 Å². The highest BCUT2D eigenvalue weighted by molar-refractivity contribution is 6.33. The lowest BCUT2D eigenvalue weighted by Crippen LogP contribution is -1.88. The number of nitrogens with zero attached hydrogens (tertiary/aromatic N) is 3. The molecule has 0 aliphatic carbocycles. The van der Waals surface area contributed by atoms with Crippen molar-refractivity contribution in [3.63, 3.8) is 0 Å². The summed E-state index contributed by atoms with van der Waals surface area (Å²) in [4.78, 5) is 10.3. The van der Waals surface area contributed by atoms with E-state index in [1.165, 1.54) is 43.9 Å². The van der Waals surface area contributed by atoms with Gasteiger partial charge in [0.25, 0.3) is 5.69 Å². The molecule has 0 amide bonds. The minimum absolute atomic E-state index is 0.0927. The number of halogens is 1. The van der Waals surface area contributed by atoms with E-state index in [1.54, 1.807) is 18.2 Å². The second-order valence-corrected chi connectivity index (χ2v) is 8.59. The lowest BCUT2D eigenvalue weighted by atomic mass is 10.0. The summed E-state index contributed by atoms with van der Waals surface area (Å²) in [6.07, 6.45) is 20.0. The molecule has 0 unspecified atom stereocenters. The van der Waals surface area contributed by atoms with E-state index < -0.39 is 4.92 Å². The van der Waals surface area contributed by atoms with E-state index >= 15 is 0 Å². The van der Waals surface area contributed by atoms with E-state index in [0.717, 1.165) is 44.1 Å². The molecule has 0 saturated carbocycles. The average molecular weight is 484 g/mol. The maximum absolute atomic E-state index is 10.9. The van der Waals surface area contributed by atoms with Gasteiger partial charge in [0.05, 0.1) is 15.6 Å². The fraction of sp³-hybridized carbons (Fsp3) is 0.407. The first-order valence-corrected chi connectivity index (χ1v) is 12.4. The predicted molar refractivity (Wildman–Crippen MR) is 140 cm³/mol. The minimum atomic E-state index is -0.505. The van der Waals surface area contributed by atoms with Crippen molar-refractivity contribution in [3.05, 3.63) is 81.4 Å². The van der Waals surface area contributed by atoms with Crippen LogP contribution in [-0.2, 0) is 6.42 Å². The Bertz CT molecular complexity index is 1000. The summed E-state index contributed by atoms with van der Waals surface area (Å²) in [6.45, 7) is 2.19. The Labute approximate surface area is 207 Å². The molecule has 6 nitrogen and oxygen atoms in total. The lowest BCUT2D eigenvalue weighted by molar-refractivity contribution is -0.384. The number of phenolic OH excluding ortho intramolecular Hbond substituents is 1. The van der Waals surface area contributed by atoms with E-state index in [0.29, 0.717) is 11.4 Å². The van der Waals surface area contributed by atoms with Gasteiger partial charge in [-0.1, -0.05) is 68.5 Å². The number of hydrogen-bond donors (Lipinski definition) is 1. The second kappa shape index (κ2) is 15.8. The van der Waals surface area contributed by atoms with Gasteiger partial charge in [0.2, 0.25) is 0 Å². The fourth-order valence-corrected chi connectivity index (χ4v) is 3.66. The molecule has 2 aromatic carbocycles. The summed E-state index contributed by atoms with van der Waals surface area (Å²) in [7, 11) is 0. The van der Waals surface area contributed by atoms with E-state index in [4.69, 9.17) is 11.6 Å². The Hall–Kier alpha value is -2.99. The number of benzene rings is 2. The summed E-state index contributed by atoms with van der Waals surface area (Å²) in [5, 5.41) is 29.3. The molecular formula is C27H34ClN3O3. The highest BCUT2D eigenvalue weighted by Crippen LogP contribution is 2.32. The van der Waals surface area contributed by atoms with Gasteiger partial charge in [-0.15, -0.1) is 5.11 Å². The molecule has 0 spiro atoms. The van der Waals surface area contributed by atoms with Crippen molar-refractivity contribution < 1.29 is 10.0 Å². The second-order valence-electron chi connectivity index (χ2n) is 8.18. The number of nitro groups is 1. The number of hydrogen-bond acceptors (Lipinski definition) is 5. The van der Waals surface area contributed by atoms with Gasteiger partial charge in [-0.05, 0) is 68.4 Å². The summed E-state index contributed by atoms with van der Waals surface area (Å²) in [6, 6.07) is 9.08. The third kappa shape index (κ3) is 10.3. The lowest BCUT2D eigenvalue weighted by Gasteiger charge is -2.06. The number of aryl methyl sites for hydroxylation is 1. The molecule has 0 atom stereocenters. The van der Waals surface area contributed by atoms with E-state index in [2.05, 4.69) is 41.5 Å². The van der Waals surface area contributed by atoms with Gasteiger partial charge in [-0.25, -0.2) is 0 Å². The van der Waals surface area contributed by atoms with Gasteiger partial charge in [0.15, 0.2) is 0 Å². The van der Waals surface area contributed by atoms with Crippen LogP contribution in [0.1, 0.15) is 70.3 Å². The minimum Gasteiger partial charge on any atom is -0.508 e. The van der Waals surface area contributed by atoms with E-state index in [9.17, 15) is 15.2 Å². The predicted octanol–water partition coefficient (Wildman–Crippen LogP) is 9.55. The topological polar surface area (TPSA) is 88.1 Å². The zero-order chi connectivity index (χ0) is 24.6. The zero-order valence-electron chi connectivity index (χ0n) is 19.8. The van der Waals surface area contributed by atoms with Gasteiger partial charge in [-0.2, -0.15) is 5.11 Å². The highest BCUT2D eigenvalue weighted by Gasteiger charge is 2.09. The van der Waals surface area contributed by atoms with Crippen LogP contribution in [0.15, 0.2) is 70.9 Å². The molecule has 0 saturated heterocycles. The molecule has 182 valence electrons. The van der Waals surface area contributed by atoms with E-state index in [1.807, 2.05) is 0 Å². The van der Waals surface area contributed by atoms with Crippen LogP contribution in [-0.4, -0.2) is 10.0 Å². The maximum atomic E-state index is 10.9. The number of allylic oxidation sites excluding steroid dienone is 4. The number of azo groups is 1. The first kappa shape index (κ1) is 27.3. The smallest absolute Gasteiger partial charge is 0.271 e. The molecule has 2 rings (SSSR count). The number of aromatic hydroxyl groups is 1. The summed E-state index contributed by atoms with van der Waals surface area (Å²) >= 11 is 6.10. The van der Waals surface area contributed by atoms with Gasteiger partial charge >= 0.3 is 0 Å². The van der Waals surface area contributed by atoms with Gasteiger partial charge in [-0.3, -0.25) is 10.1 Å². The SMILES string of the molecule is CCC/C=C/C/C=C/CCCCCCCc1cc(O)ccc1N=Nc1ccc([N+](=O)[O-])cc1Cl. The first-order chi connectivity index (χ1) is 16.5. The number of nitro benzene ring substituents is 1. The molecule has 34 heavy (non-hydrogen) atoms. The Morgan fingerprint density at radius 3 is 2.32 bits per heavy atom. The molecule has 0 aliphatic rings. The van der Waals surface area contributed by atoms with Crippen LogP contribution in [0.3, 0.4) is 0 Å². The van der Waals surface area contributed by atoms with Gasteiger partial charge < -0.3 is 5.11 Å². The van der Waals surface area contributed by atoms with Crippen molar-refractivity contribution in [1.29, 1.82) is 0 Å². The number of non-ortho nitro benzene ring substituents is 1. The molecule has 0 fully saturated rings. The molecule has 0 aliphatic heterocycles. The van der Waals surface area contributed by atoms with Crippen LogP contribution < -0.4 is 0 Å². The fourth-order valence-electron chi connectivity index (χ4n) is 3.45. The van der Waals surface area contributed by atoms with Crippen molar-refractivity contribution in [2.75, 3.05) is 0 Å². The van der Waals surface area contributed by atoms with Crippen molar-refractivity contribution in [1.82, 2.24) is 0 Å². The molecule has 0 radical (unpaired) electrons. The van der Waals surface area contributed by atoms with Crippen molar-refractivity contribution in [2.45, 2.75) is 71.1 Å². The van der Waals surface area contributed by atoms with Crippen molar-refractivity contribution in [2.24, 2.45) is 10.2 Å². The molecule has 0 aromatic heterocycles. The summed E-state index contributed by atoms with van der Waals surface area (Å²) in [5.41, 5.74) is 1.84. The van der Waals surface area contributed by atoms with Crippen LogP contribution in [0.2, 0.25) is 5.02 Å². The molecule has 0 heterocycles. The van der Waals surface area contributed by atoms with Gasteiger partial charge in [0, 0.05) is 12.1 Å². The normalized spacial score (nSPS) is 11.8. The Morgan fingerprint density at radius 2 is 1.59 bits per heavy atom. The Kier molecular flexibility index (Phi) is 12.6. The number of unbranched alkanes of at least 4 members (excludes halogenated alkanes) is 6. The highest BCUT2D eigenvalue weighted by atomic mass is 35.5. The average Bonchev–Trinajstić information content (AvgIpc) is 2.82. The third-order valence-electron chi connectivity index (χ3n) is 5.35. The summed E-state index contributed by atoms with van der Waals surface area (Å²) in [5.74, 6) is 0.193. The standard InChI is InChI=1S/C27H34ClN3O3/c1-2-3-4-5-6-7-8-9-10-11-12-13-14-15-22-20-24(32)17-19-26(22)29-30-27-18-16-23(31(33)34)21-25(27)28/h4-5,7-8,16-21,32H,2-3,6,9-15H2,1H3/b5-4+,8-7+,30-29?. The zero-order valence-corrected chi connectivity index (χ0v) is 20.6. The number of rotatable bonds is 15. The molecule has 0 bridgehead atoms. The Balaban J connectivity index is 1.77. The van der Waals surface area contributed by atoms with Crippen LogP contribution in [0.4, 0.5) is 17.1 Å². The maximum Gasteiger partial charge on any atom is 0.271 e.